The summed E-state index contributed by atoms with van der Waals surface area (Å²) in [7, 11) is 0.155. The first-order valence-corrected chi connectivity index (χ1v) is 34.9. The van der Waals surface area contributed by atoms with Crippen LogP contribution in [0.2, 0.25) is 0 Å². The molecule has 0 amide bonds. The maximum absolute atomic E-state index is 2.97. The quantitative estimate of drug-likeness (QED) is 0.0571. The average Bonchev–Trinajstić information content (AvgIpc) is 4.24. The minimum absolute atomic E-state index is 0.178. The zero-order valence-electron chi connectivity index (χ0n) is 51.2. The number of hydrogen-bond acceptors (Lipinski definition) is 0. The lowest BCUT2D eigenvalue weighted by molar-refractivity contribution is 0.278. The highest BCUT2D eigenvalue weighted by atomic mass is 31.2. The third kappa shape index (κ3) is 8.67. The highest BCUT2D eigenvalue weighted by molar-refractivity contribution is 7.63. The maximum Gasteiger partial charge on any atom is 0.117 e. The van der Waals surface area contributed by atoms with E-state index < -0.39 is 8.05 Å². The Balaban J connectivity index is 0.000000986. The molecule has 0 spiro atoms. The second-order valence-electron chi connectivity index (χ2n) is 25.5. The smallest absolute Gasteiger partial charge is 0.0896 e. The molecule has 0 radical (unpaired) electrons. The molecule has 0 bridgehead atoms. The van der Waals surface area contributed by atoms with Crippen molar-refractivity contribution in [2.45, 2.75) is 289 Å². The zero-order chi connectivity index (χ0) is 54.4. The van der Waals surface area contributed by atoms with Crippen molar-refractivity contribution >= 4 is 42.2 Å². The van der Waals surface area contributed by atoms with Crippen LogP contribution in [0.25, 0.3) is 10.8 Å². The molecule has 0 N–H and O–H groups in total. The Kier molecular flexibility index (Phi) is 17.2. The van der Waals surface area contributed by atoms with Crippen molar-refractivity contribution < 1.29 is 0 Å². The number of aryl methyl sites for hydroxylation is 1. The number of fused-ring (bicyclic) bond motifs is 5. The Morgan fingerprint density at radius 1 is 0.333 bits per heavy atom. The van der Waals surface area contributed by atoms with Crippen LogP contribution in [0.1, 0.15) is 289 Å². The topological polar surface area (TPSA) is 0 Å². The molecule has 0 unspecified atom stereocenters. The van der Waals surface area contributed by atoms with Crippen LogP contribution in [0, 0.1) is 6.92 Å². The van der Waals surface area contributed by atoms with Crippen molar-refractivity contribution in [3.63, 3.8) is 0 Å². The van der Waals surface area contributed by atoms with E-state index in [4.69, 9.17) is 0 Å². The van der Waals surface area contributed by atoms with Crippen molar-refractivity contribution in [3.8, 4) is 0 Å². The van der Waals surface area contributed by atoms with Gasteiger partial charge < -0.3 is 0 Å². The van der Waals surface area contributed by atoms with E-state index in [9.17, 15) is 0 Å². The van der Waals surface area contributed by atoms with E-state index in [1.165, 1.54) is 145 Å². The lowest BCUT2D eigenvalue weighted by Crippen LogP contribution is -2.45. The van der Waals surface area contributed by atoms with Gasteiger partial charge >= 0.3 is 0 Å². The Bertz CT molecular complexity index is 2700. The second kappa shape index (κ2) is 22.2. The fourth-order valence-corrected chi connectivity index (χ4v) is 24.7. The van der Waals surface area contributed by atoms with Crippen LogP contribution in [-0.2, 0) is 43.3 Å². The molecule has 0 nitrogen and oxygen atoms in total. The lowest BCUT2D eigenvalue weighted by Gasteiger charge is -2.37. The minimum atomic E-state index is -1.50. The average molecular weight is 1040 g/mol. The van der Waals surface area contributed by atoms with Crippen LogP contribution in [0.4, 0.5) is 0 Å². The van der Waals surface area contributed by atoms with Gasteiger partial charge in [-0.3, -0.25) is 0 Å². The first-order chi connectivity index (χ1) is 36.1. The first kappa shape index (κ1) is 58.0. The van der Waals surface area contributed by atoms with Crippen LogP contribution in [-0.4, -0.2) is 8.05 Å². The number of benzene rings is 5. The van der Waals surface area contributed by atoms with Crippen molar-refractivity contribution in [2.75, 3.05) is 0 Å². The van der Waals surface area contributed by atoms with Crippen molar-refractivity contribution in [1.29, 1.82) is 0 Å². The van der Waals surface area contributed by atoms with Crippen LogP contribution < -0.4 is 15.7 Å². The van der Waals surface area contributed by atoms with E-state index in [2.05, 4.69) is 184 Å². The predicted octanol–water partition coefficient (Wildman–Crippen LogP) is 20.3. The monoisotopic (exact) mass is 1040 g/mol. The molecule has 0 fully saturated rings. The molecule has 2 heteroatoms. The van der Waals surface area contributed by atoms with Crippen LogP contribution in [0.5, 0.6) is 0 Å². The zero-order valence-corrected chi connectivity index (χ0v) is 53.1. The summed E-state index contributed by atoms with van der Waals surface area (Å²) < 4.78 is 0. The summed E-state index contributed by atoms with van der Waals surface area (Å²) in [5.41, 5.74) is 17.6. The van der Waals surface area contributed by atoms with Crippen molar-refractivity contribution in [3.05, 3.63) is 135 Å². The Morgan fingerprint density at radius 3 is 0.960 bits per heavy atom. The third-order valence-electron chi connectivity index (χ3n) is 24.0. The standard InChI is InChI=1S/C66H97PSi.C7H8/c1-17-59(18-2)42-63(25-9,26-10)53-49(59)40-50-54(64(27-11,28-12)43-60(50,19-3)20-4)57(53)67-68(48-38-37-46-35-33-34-36-47(46)39-48)58-55-51(61(21-5,22-6)44-65(55,29-13)30-14)41-52-56(58)66(31-15,32-16)45-62(52,23-7)24-8;1-7-5-3-2-4-6-7/h33-41H,17-32,42-45H2,1-16H3;2-6H,1H3. The molecule has 0 aromatic heterocycles. The molecule has 4 aliphatic carbocycles. The van der Waals surface area contributed by atoms with Crippen LogP contribution in [0.15, 0.2) is 84.9 Å². The van der Waals surface area contributed by atoms with Crippen molar-refractivity contribution in [2.24, 2.45) is 0 Å². The molecule has 0 heterocycles. The molecule has 75 heavy (non-hydrogen) atoms. The number of hydrogen-bond donors (Lipinski definition) is 0. The van der Waals surface area contributed by atoms with Gasteiger partial charge in [-0.2, -0.15) is 0 Å². The normalized spacial score (nSPS) is 20.3. The van der Waals surface area contributed by atoms with Crippen molar-refractivity contribution in [1.82, 2.24) is 0 Å². The van der Waals surface area contributed by atoms with Gasteiger partial charge in [-0.1, -0.05) is 209 Å². The molecule has 0 aliphatic heterocycles. The summed E-state index contributed by atoms with van der Waals surface area (Å²) in [5, 5.41) is 8.26. The summed E-state index contributed by atoms with van der Waals surface area (Å²) in [5.74, 6) is 0. The Morgan fingerprint density at radius 2 is 0.640 bits per heavy atom. The highest BCUT2D eigenvalue weighted by Gasteiger charge is 2.59. The van der Waals surface area contributed by atoms with Gasteiger partial charge in [-0.15, -0.1) is 0 Å². The fraction of sp³-hybridized carbons (Fsp3) is 0.616. The molecular weight excluding hydrogens is 936 g/mol. The van der Waals surface area contributed by atoms with Gasteiger partial charge in [-0.25, -0.2) is 0 Å². The van der Waals surface area contributed by atoms with E-state index >= 15 is 0 Å². The van der Waals surface area contributed by atoms with Gasteiger partial charge in [0, 0.05) is 5.30 Å². The third-order valence-corrected chi connectivity index (χ3v) is 29.5. The summed E-state index contributed by atoms with van der Waals surface area (Å²) in [4.78, 5) is 0. The SMILES string of the molecule is CCC1(CC)CC(CC)(CC)c2c1cc1c(c2P=[Si](c2ccc3ccccc3c2)c2c3c(cc4c2C(CC)(CC)CC4(CC)CC)C(CC)(CC)CC3(CC)CC)C(CC)(CC)CC1(CC)CC.Cc1ccccc1. The Labute approximate surface area is 464 Å². The summed E-state index contributed by atoms with van der Waals surface area (Å²) >= 11 is 0. The van der Waals surface area contributed by atoms with Gasteiger partial charge in [0.2, 0.25) is 0 Å². The number of rotatable bonds is 19. The Hall–Kier alpha value is -3.12. The second-order valence-corrected chi connectivity index (χ2v) is 29.9. The summed E-state index contributed by atoms with van der Waals surface area (Å²) in [6.07, 6.45) is 25.1. The van der Waals surface area contributed by atoms with E-state index in [0.717, 1.165) is 0 Å². The highest BCUT2D eigenvalue weighted by Crippen LogP contribution is 2.65. The molecule has 0 saturated heterocycles. The lowest BCUT2D eigenvalue weighted by atomic mass is 9.70. The fourth-order valence-electron chi connectivity index (χ4n) is 18.1. The molecule has 5 aromatic rings. The summed E-state index contributed by atoms with van der Waals surface area (Å²) in [6.45, 7) is 43.3. The molecular formula is C73H105PSi. The maximum atomic E-state index is 2.97. The van der Waals surface area contributed by atoms with Gasteiger partial charge in [0.15, 0.2) is 0 Å². The van der Waals surface area contributed by atoms with E-state index in [1.54, 1.807) is 35.2 Å². The molecule has 4 aliphatic rings. The first-order valence-electron chi connectivity index (χ1n) is 31.6. The van der Waals surface area contributed by atoms with Crippen LogP contribution >= 0.6 is 7.72 Å². The van der Waals surface area contributed by atoms with Gasteiger partial charge in [0.1, 0.15) is 8.05 Å². The largest absolute Gasteiger partial charge is 0.117 e. The molecule has 9 rings (SSSR count). The molecule has 0 saturated carbocycles. The van der Waals surface area contributed by atoms with E-state index in [1.807, 2.05) is 50.9 Å². The predicted molar refractivity (Wildman–Crippen MR) is 336 cm³/mol. The minimum Gasteiger partial charge on any atom is -0.0896 e. The van der Waals surface area contributed by atoms with Gasteiger partial charge in [0.25, 0.3) is 0 Å². The van der Waals surface area contributed by atoms with E-state index in [-0.39, 0.29) is 43.3 Å². The molecule has 406 valence electrons. The van der Waals surface area contributed by atoms with Crippen LogP contribution in [0.3, 0.4) is 0 Å². The molecule has 5 aromatic carbocycles. The molecule has 0 atom stereocenters. The van der Waals surface area contributed by atoms with Gasteiger partial charge in [0.05, 0.1) is 0 Å². The van der Waals surface area contributed by atoms with Gasteiger partial charge in [-0.05, 0) is 244 Å². The van der Waals surface area contributed by atoms with E-state index in [0.29, 0.717) is 0 Å². The summed E-state index contributed by atoms with van der Waals surface area (Å²) in [6, 6.07) is 33.5.